The molecule has 0 spiro atoms. The van der Waals surface area contributed by atoms with Crippen molar-refractivity contribution in [1.29, 1.82) is 0 Å². The molecule has 0 bridgehead atoms. The van der Waals surface area contributed by atoms with Crippen LogP contribution in [0.2, 0.25) is 0 Å². The van der Waals surface area contributed by atoms with Crippen LogP contribution >= 0.6 is 15.9 Å². The molecule has 2 heterocycles. The number of ether oxygens (including phenoxy) is 1. The topological polar surface area (TPSA) is 73.1 Å². The second-order valence-electron chi connectivity index (χ2n) is 8.49. The number of rotatable bonds is 5. The molecule has 0 saturated heterocycles. The zero-order chi connectivity index (χ0) is 20.1. The van der Waals surface area contributed by atoms with Crippen molar-refractivity contribution >= 4 is 27.0 Å². The molecule has 1 atom stereocenters. The van der Waals surface area contributed by atoms with Crippen LogP contribution in [0, 0.1) is 17.2 Å². The number of hydrogen-bond acceptors (Lipinski definition) is 5. The van der Waals surface area contributed by atoms with E-state index >= 15 is 0 Å². The quantitative estimate of drug-likeness (QED) is 0.593. The lowest BCUT2D eigenvalue weighted by Gasteiger charge is -2.18. The fourth-order valence-electron chi connectivity index (χ4n) is 3.14. The minimum Gasteiger partial charge on any atom is -0.437 e. The Kier molecular flexibility index (Phi) is 4.87. The number of pyridine rings is 1. The molecule has 1 aromatic carbocycles. The van der Waals surface area contributed by atoms with Gasteiger partial charge in [0.05, 0.1) is 22.3 Å². The van der Waals surface area contributed by atoms with E-state index in [4.69, 9.17) is 4.74 Å². The number of aromatic nitrogens is 4. The molecule has 1 saturated carbocycles. The van der Waals surface area contributed by atoms with Gasteiger partial charge in [-0.2, -0.15) is 0 Å². The second-order valence-corrected chi connectivity index (χ2v) is 9.28. The second kappa shape index (κ2) is 7.08. The molecule has 6 nitrogen and oxygen atoms in total. The van der Waals surface area contributed by atoms with Crippen LogP contribution in [0.25, 0.3) is 11.0 Å². The van der Waals surface area contributed by atoms with E-state index in [-0.39, 0.29) is 17.2 Å². The van der Waals surface area contributed by atoms with Gasteiger partial charge in [-0.3, -0.25) is 0 Å². The van der Waals surface area contributed by atoms with E-state index in [1.807, 2.05) is 10.7 Å². The van der Waals surface area contributed by atoms with Crippen molar-refractivity contribution in [2.45, 2.75) is 46.3 Å². The van der Waals surface area contributed by atoms with E-state index < -0.39 is 11.9 Å². The summed E-state index contributed by atoms with van der Waals surface area (Å²) in [6, 6.07) is 4.98. The largest absolute Gasteiger partial charge is 0.437 e. The summed E-state index contributed by atoms with van der Waals surface area (Å²) in [6.07, 6.45) is 2.14. The Labute approximate surface area is 170 Å². The van der Waals surface area contributed by atoms with E-state index in [2.05, 4.69) is 52.0 Å². The maximum Gasteiger partial charge on any atom is 0.225 e. The summed E-state index contributed by atoms with van der Waals surface area (Å²) in [4.78, 5) is 4.06. The molecule has 1 unspecified atom stereocenters. The van der Waals surface area contributed by atoms with Crippen LogP contribution in [0.15, 0.2) is 28.9 Å². The smallest absolute Gasteiger partial charge is 0.225 e. The Bertz CT molecular complexity index is 1030. The molecule has 0 aliphatic heterocycles. The van der Waals surface area contributed by atoms with E-state index in [9.17, 15) is 9.50 Å². The Morgan fingerprint density at radius 2 is 2.11 bits per heavy atom. The van der Waals surface area contributed by atoms with Crippen LogP contribution in [0.4, 0.5) is 4.39 Å². The summed E-state index contributed by atoms with van der Waals surface area (Å²) < 4.78 is 22.2. The molecule has 0 radical (unpaired) electrons. The number of halogens is 2. The zero-order valence-electron chi connectivity index (χ0n) is 16.0. The van der Waals surface area contributed by atoms with Gasteiger partial charge in [0.2, 0.25) is 5.88 Å². The third-order valence-electron chi connectivity index (χ3n) is 4.65. The summed E-state index contributed by atoms with van der Waals surface area (Å²) in [5.74, 6) is 0.317. The maximum absolute atomic E-state index is 13.7. The molecule has 1 aliphatic rings. The van der Waals surface area contributed by atoms with Gasteiger partial charge in [-0.05, 0) is 58.3 Å². The van der Waals surface area contributed by atoms with E-state index in [1.165, 1.54) is 6.07 Å². The molecular weight excluding hydrogens is 427 g/mol. The monoisotopic (exact) mass is 448 g/mol. The predicted molar refractivity (Wildman–Crippen MR) is 107 cm³/mol. The zero-order valence-corrected chi connectivity index (χ0v) is 17.6. The summed E-state index contributed by atoms with van der Waals surface area (Å²) in [6.45, 7) is 7.15. The predicted octanol–water partition coefficient (Wildman–Crippen LogP) is 5.01. The van der Waals surface area contributed by atoms with Gasteiger partial charge in [-0.15, -0.1) is 5.10 Å². The molecule has 28 heavy (non-hydrogen) atoms. The first-order valence-corrected chi connectivity index (χ1v) is 10.1. The number of nitrogens with zero attached hydrogens (tertiary/aromatic N) is 4. The van der Waals surface area contributed by atoms with Crippen molar-refractivity contribution in [3.8, 4) is 11.6 Å². The Morgan fingerprint density at radius 3 is 2.79 bits per heavy atom. The minimum atomic E-state index is -0.784. The van der Waals surface area contributed by atoms with Crippen LogP contribution in [0.5, 0.6) is 11.6 Å². The highest BCUT2D eigenvalue weighted by Gasteiger charge is 2.33. The maximum atomic E-state index is 13.7. The molecule has 8 heteroatoms. The van der Waals surface area contributed by atoms with Crippen molar-refractivity contribution in [3.05, 3.63) is 40.2 Å². The third-order valence-corrected chi connectivity index (χ3v) is 5.42. The van der Waals surface area contributed by atoms with Crippen molar-refractivity contribution < 1.29 is 14.2 Å². The van der Waals surface area contributed by atoms with Gasteiger partial charge in [-0.1, -0.05) is 26.0 Å². The summed E-state index contributed by atoms with van der Waals surface area (Å²) >= 11 is 3.54. The van der Waals surface area contributed by atoms with Gasteiger partial charge in [0, 0.05) is 12.1 Å². The van der Waals surface area contributed by atoms with Crippen molar-refractivity contribution in [3.63, 3.8) is 0 Å². The molecule has 1 N–H and O–H groups in total. The van der Waals surface area contributed by atoms with Crippen LogP contribution in [0.1, 0.15) is 45.3 Å². The molecule has 3 aromatic rings. The third kappa shape index (κ3) is 3.89. The highest BCUT2D eigenvalue weighted by molar-refractivity contribution is 9.10. The van der Waals surface area contributed by atoms with Gasteiger partial charge in [0.15, 0.2) is 0 Å². The average Bonchev–Trinajstić information content (AvgIpc) is 3.39. The highest BCUT2D eigenvalue weighted by Crippen LogP contribution is 2.44. The molecule has 1 aliphatic carbocycles. The Morgan fingerprint density at radius 1 is 1.36 bits per heavy atom. The van der Waals surface area contributed by atoms with Crippen LogP contribution in [-0.2, 0) is 6.54 Å². The fraction of sp³-hybridized carbons (Fsp3) is 0.450. The minimum absolute atomic E-state index is 0.0637. The van der Waals surface area contributed by atoms with Gasteiger partial charge < -0.3 is 9.84 Å². The first-order chi connectivity index (χ1) is 13.2. The lowest BCUT2D eigenvalue weighted by Crippen LogP contribution is -2.16. The van der Waals surface area contributed by atoms with Crippen molar-refractivity contribution in [2.75, 3.05) is 0 Å². The summed E-state index contributed by atoms with van der Waals surface area (Å²) in [5, 5.41) is 19.0. The van der Waals surface area contributed by atoms with Gasteiger partial charge in [0.25, 0.3) is 0 Å². The standard InChI is InChI=1S/C20H22BrFN4O2/c1-20(2,3)10-26-14-6-7-15(16(21)17(14)24-25-26)28-19-13(8-12(22)9-23-19)18(27)11-4-5-11/h6-9,11,18,27H,4-5,10H2,1-3H3. The molecular formula is C20H22BrFN4O2. The van der Waals surface area contributed by atoms with Gasteiger partial charge >= 0.3 is 0 Å². The summed E-state index contributed by atoms with van der Waals surface area (Å²) in [7, 11) is 0. The Hall–Kier alpha value is -2.06. The number of aliphatic hydroxyl groups excluding tert-OH is 1. The van der Waals surface area contributed by atoms with E-state index in [0.29, 0.717) is 21.3 Å². The fourth-order valence-corrected chi connectivity index (χ4v) is 3.64. The lowest BCUT2D eigenvalue weighted by atomic mass is 9.97. The van der Waals surface area contributed by atoms with Crippen LogP contribution < -0.4 is 4.74 Å². The number of aliphatic hydroxyl groups is 1. The first kappa shape index (κ1) is 19.3. The molecule has 2 aromatic heterocycles. The van der Waals surface area contributed by atoms with Crippen molar-refractivity contribution in [2.24, 2.45) is 11.3 Å². The summed E-state index contributed by atoms with van der Waals surface area (Å²) in [5.41, 5.74) is 1.99. The van der Waals surface area contributed by atoms with Gasteiger partial charge in [-0.25, -0.2) is 14.1 Å². The molecule has 1 fully saturated rings. The number of benzene rings is 1. The molecule has 0 amide bonds. The van der Waals surface area contributed by atoms with Crippen LogP contribution in [-0.4, -0.2) is 25.1 Å². The van der Waals surface area contributed by atoms with Crippen LogP contribution in [0.3, 0.4) is 0 Å². The SMILES string of the molecule is CC(C)(C)Cn1nnc2c(Br)c(Oc3ncc(F)cc3C(O)C3CC3)ccc21. The van der Waals surface area contributed by atoms with Gasteiger partial charge in [0.1, 0.15) is 17.1 Å². The lowest BCUT2D eigenvalue weighted by molar-refractivity contribution is 0.149. The molecule has 148 valence electrons. The first-order valence-electron chi connectivity index (χ1n) is 9.26. The Balaban J connectivity index is 1.68. The normalized spacial score (nSPS) is 15.8. The highest BCUT2D eigenvalue weighted by atomic mass is 79.9. The molecule has 4 rings (SSSR count). The van der Waals surface area contributed by atoms with E-state index in [0.717, 1.165) is 31.1 Å². The van der Waals surface area contributed by atoms with Crippen molar-refractivity contribution in [1.82, 2.24) is 20.0 Å². The average molecular weight is 449 g/mol. The number of hydrogen-bond donors (Lipinski definition) is 1. The van der Waals surface area contributed by atoms with E-state index in [1.54, 1.807) is 6.07 Å². The number of fused-ring (bicyclic) bond motifs is 1.